The number of nitrogens with zero attached hydrogens (tertiary/aromatic N) is 1. The van der Waals surface area contributed by atoms with Gasteiger partial charge in [0.1, 0.15) is 15.8 Å². The van der Waals surface area contributed by atoms with Crippen LogP contribution in [0.25, 0.3) is 17.4 Å². The topological polar surface area (TPSA) is 42.7 Å². The Hall–Kier alpha value is -1.60. The molecule has 2 aliphatic heterocycles. The van der Waals surface area contributed by atoms with Crippen LogP contribution in [-0.4, -0.2) is 34.4 Å². The molecule has 1 atom stereocenters. The van der Waals surface area contributed by atoms with Crippen molar-refractivity contribution in [1.29, 1.82) is 0 Å². The van der Waals surface area contributed by atoms with Crippen LogP contribution in [0.15, 0.2) is 45.7 Å². The van der Waals surface area contributed by atoms with Crippen molar-refractivity contribution in [1.82, 2.24) is 4.90 Å². The smallest absolute Gasteiger partial charge is 0.266 e. The predicted octanol–water partition coefficient (Wildman–Crippen LogP) is 4.98. The number of rotatable bonds is 4. The molecule has 7 heteroatoms. The minimum atomic E-state index is -0.0834. The number of benzene rings is 1. The van der Waals surface area contributed by atoms with E-state index in [-0.39, 0.29) is 12.0 Å². The second kappa shape index (κ2) is 7.56. The number of amides is 1. The van der Waals surface area contributed by atoms with Gasteiger partial charge in [0.15, 0.2) is 0 Å². The van der Waals surface area contributed by atoms with E-state index < -0.39 is 0 Å². The number of halogens is 1. The molecule has 0 saturated carbocycles. The molecule has 0 spiro atoms. The van der Waals surface area contributed by atoms with Crippen LogP contribution in [-0.2, 0) is 9.53 Å². The summed E-state index contributed by atoms with van der Waals surface area (Å²) in [5, 5.41) is 0.676. The Morgan fingerprint density at radius 1 is 1.27 bits per heavy atom. The Balaban J connectivity index is 1.50. The van der Waals surface area contributed by atoms with E-state index in [4.69, 9.17) is 33.0 Å². The lowest BCUT2D eigenvalue weighted by Gasteiger charge is -2.18. The summed E-state index contributed by atoms with van der Waals surface area (Å²) in [7, 11) is 0. The van der Waals surface area contributed by atoms with E-state index >= 15 is 0 Å². The van der Waals surface area contributed by atoms with E-state index in [1.54, 1.807) is 11.0 Å². The summed E-state index contributed by atoms with van der Waals surface area (Å²) in [5.74, 6) is 1.26. The van der Waals surface area contributed by atoms with Crippen LogP contribution in [0.3, 0.4) is 0 Å². The number of furan rings is 1. The molecule has 1 aromatic carbocycles. The second-order valence-corrected chi connectivity index (χ2v) is 8.25. The van der Waals surface area contributed by atoms with Gasteiger partial charge in [-0.3, -0.25) is 9.69 Å². The third kappa shape index (κ3) is 3.74. The third-order valence-electron chi connectivity index (χ3n) is 4.31. The molecule has 1 aromatic heterocycles. The number of hydrogen-bond donors (Lipinski definition) is 0. The average molecular weight is 406 g/mol. The highest BCUT2D eigenvalue weighted by Gasteiger charge is 2.34. The van der Waals surface area contributed by atoms with Crippen molar-refractivity contribution in [3.8, 4) is 11.3 Å². The second-order valence-electron chi connectivity index (χ2n) is 6.14. The Morgan fingerprint density at radius 3 is 2.81 bits per heavy atom. The van der Waals surface area contributed by atoms with Gasteiger partial charge >= 0.3 is 0 Å². The first kappa shape index (κ1) is 17.8. The van der Waals surface area contributed by atoms with Crippen molar-refractivity contribution in [2.24, 2.45) is 0 Å². The fraction of sp³-hybridized carbons (Fsp3) is 0.263. The summed E-state index contributed by atoms with van der Waals surface area (Å²) in [5.41, 5.74) is 0.931. The number of hydrogen-bond acceptors (Lipinski definition) is 5. The molecule has 4 nitrogen and oxygen atoms in total. The van der Waals surface area contributed by atoms with Crippen molar-refractivity contribution in [3.05, 3.63) is 52.1 Å². The lowest BCUT2D eigenvalue weighted by Crippen LogP contribution is -2.35. The van der Waals surface area contributed by atoms with E-state index in [1.807, 2.05) is 36.4 Å². The van der Waals surface area contributed by atoms with Gasteiger partial charge in [0.2, 0.25) is 0 Å². The maximum absolute atomic E-state index is 12.7. The number of thiocarbonyl (C=S) groups is 1. The van der Waals surface area contributed by atoms with Gasteiger partial charge in [-0.15, -0.1) is 0 Å². The van der Waals surface area contributed by atoms with Crippen molar-refractivity contribution in [3.63, 3.8) is 0 Å². The minimum absolute atomic E-state index is 0.0805. The molecule has 0 aliphatic carbocycles. The Kier molecular flexibility index (Phi) is 5.18. The van der Waals surface area contributed by atoms with Gasteiger partial charge in [0, 0.05) is 23.3 Å². The highest BCUT2D eigenvalue weighted by atomic mass is 35.5. The van der Waals surface area contributed by atoms with E-state index in [0.717, 1.165) is 30.8 Å². The van der Waals surface area contributed by atoms with Crippen molar-refractivity contribution in [2.75, 3.05) is 13.2 Å². The predicted molar refractivity (Wildman–Crippen MR) is 108 cm³/mol. The van der Waals surface area contributed by atoms with Gasteiger partial charge in [-0.1, -0.05) is 35.6 Å². The van der Waals surface area contributed by atoms with E-state index in [9.17, 15) is 4.79 Å². The highest BCUT2D eigenvalue weighted by Crippen LogP contribution is 2.34. The number of carbonyl (C=O) groups excluding carboxylic acids is 1. The van der Waals surface area contributed by atoms with Crippen LogP contribution in [0.1, 0.15) is 18.6 Å². The fourth-order valence-electron chi connectivity index (χ4n) is 2.98. The van der Waals surface area contributed by atoms with Gasteiger partial charge in [0.25, 0.3) is 5.91 Å². The lowest BCUT2D eigenvalue weighted by molar-refractivity contribution is -0.123. The van der Waals surface area contributed by atoms with Gasteiger partial charge in [-0.25, -0.2) is 0 Å². The zero-order valence-electron chi connectivity index (χ0n) is 13.8. The first-order valence-corrected chi connectivity index (χ1v) is 9.93. The van der Waals surface area contributed by atoms with Gasteiger partial charge in [-0.05, 0) is 49.2 Å². The van der Waals surface area contributed by atoms with Gasteiger partial charge in [-0.2, -0.15) is 0 Å². The molecule has 0 bridgehead atoms. The summed E-state index contributed by atoms with van der Waals surface area (Å²) in [6.45, 7) is 1.28. The standard InChI is InChI=1S/C19H16ClNO3S2/c20-13-5-3-12(4-6-13)16-8-7-14(24-16)10-17-18(22)21(19(25)26-17)11-15-2-1-9-23-15/h3-8,10,15H,1-2,9,11H2/b17-10-. The largest absolute Gasteiger partial charge is 0.457 e. The van der Waals surface area contributed by atoms with Crippen LogP contribution in [0, 0.1) is 0 Å². The summed E-state index contributed by atoms with van der Waals surface area (Å²) in [6.07, 6.45) is 3.83. The van der Waals surface area contributed by atoms with Crippen LogP contribution < -0.4 is 0 Å². The maximum atomic E-state index is 12.7. The minimum Gasteiger partial charge on any atom is -0.457 e. The molecule has 2 aliphatic rings. The van der Waals surface area contributed by atoms with Crippen molar-refractivity contribution < 1.29 is 13.9 Å². The van der Waals surface area contributed by atoms with Crippen LogP contribution in [0.2, 0.25) is 5.02 Å². The summed E-state index contributed by atoms with van der Waals surface area (Å²) >= 11 is 12.6. The monoisotopic (exact) mass is 405 g/mol. The Labute approximate surface area is 166 Å². The fourth-order valence-corrected chi connectivity index (χ4v) is 4.36. The van der Waals surface area contributed by atoms with E-state index in [2.05, 4.69) is 0 Å². The molecule has 2 saturated heterocycles. The van der Waals surface area contributed by atoms with Crippen LogP contribution >= 0.6 is 35.6 Å². The van der Waals surface area contributed by atoms with Crippen molar-refractivity contribution in [2.45, 2.75) is 18.9 Å². The summed E-state index contributed by atoms with van der Waals surface area (Å²) in [6, 6.07) is 11.1. The molecule has 1 unspecified atom stereocenters. The highest BCUT2D eigenvalue weighted by molar-refractivity contribution is 8.26. The molecule has 1 amide bonds. The number of ether oxygens (including phenoxy) is 1. The molecule has 2 aromatic rings. The zero-order chi connectivity index (χ0) is 18.1. The van der Waals surface area contributed by atoms with Crippen molar-refractivity contribution >= 4 is 51.9 Å². The van der Waals surface area contributed by atoms with Gasteiger partial charge in [0.05, 0.1) is 17.6 Å². The molecule has 2 fully saturated rings. The van der Waals surface area contributed by atoms with Crippen LogP contribution in [0.4, 0.5) is 0 Å². The third-order valence-corrected chi connectivity index (χ3v) is 5.94. The normalized spacial score (nSPS) is 22.0. The molecule has 0 N–H and O–H groups in total. The summed E-state index contributed by atoms with van der Waals surface area (Å²) < 4.78 is 12.0. The summed E-state index contributed by atoms with van der Waals surface area (Å²) in [4.78, 5) is 14.9. The quantitative estimate of drug-likeness (QED) is 0.530. The zero-order valence-corrected chi connectivity index (χ0v) is 16.2. The SMILES string of the molecule is O=C1/C(=C/c2ccc(-c3ccc(Cl)cc3)o2)SC(=S)N1CC1CCCO1. The first-order chi connectivity index (χ1) is 12.6. The lowest BCUT2D eigenvalue weighted by atomic mass is 10.2. The Bertz CT molecular complexity index is 869. The van der Waals surface area contributed by atoms with E-state index in [0.29, 0.717) is 26.6 Å². The number of thioether (sulfide) groups is 1. The number of carbonyl (C=O) groups is 1. The molecule has 4 rings (SSSR count). The maximum Gasteiger partial charge on any atom is 0.266 e. The Morgan fingerprint density at radius 2 is 2.08 bits per heavy atom. The van der Waals surface area contributed by atoms with Crippen LogP contribution in [0.5, 0.6) is 0 Å². The molecular formula is C19H16ClNO3S2. The van der Waals surface area contributed by atoms with E-state index in [1.165, 1.54) is 11.8 Å². The molecule has 134 valence electrons. The van der Waals surface area contributed by atoms with Gasteiger partial charge < -0.3 is 9.15 Å². The molecule has 0 radical (unpaired) electrons. The molecule has 3 heterocycles. The molecule has 26 heavy (non-hydrogen) atoms. The molecular weight excluding hydrogens is 390 g/mol. The first-order valence-electron chi connectivity index (χ1n) is 8.33. The average Bonchev–Trinajstić information content (AvgIpc) is 3.35.